The van der Waals surface area contributed by atoms with Gasteiger partial charge in [-0.1, -0.05) is 6.58 Å². The summed E-state index contributed by atoms with van der Waals surface area (Å²) in [5.74, 6) is 0. The van der Waals surface area contributed by atoms with E-state index in [1.54, 1.807) is 11.8 Å². The number of carbonyl (C=O) groups is 1. The van der Waals surface area contributed by atoms with Crippen molar-refractivity contribution < 1.29 is 15.0 Å². The number of carboxylic acid groups (broad SMARTS) is 2. The maximum absolute atomic E-state index is 8.56. The summed E-state index contributed by atoms with van der Waals surface area (Å²) in [6.07, 6.45) is 0.183. The lowest BCUT2D eigenvalue weighted by Crippen LogP contribution is -1.81. The molecular weight excluding hydrogens is 140 g/mol. The van der Waals surface area contributed by atoms with Gasteiger partial charge in [-0.2, -0.15) is 0 Å². The van der Waals surface area contributed by atoms with Gasteiger partial charge in [0.15, 0.2) is 0 Å². The molecule has 0 unspecified atom stereocenters. The van der Waals surface area contributed by atoms with Gasteiger partial charge in [0.1, 0.15) is 0 Å². The van der Waals surface area contributed by atoms with Gasteiger partial charge in [0.2, 0.25) is 0 Å². The number of thioether (sulfide) groups is 1. The van der Waals surface area contributed by atoms with Crippen molar-refractivity contribution in [3.05, 3.63) is 11.5 Å². The van der Waals surface area contributed by atoms with Crippen LogP contribution in [0, 0.1) is 0 Å². The first-order valence-corrected chi connectivity index (χ1v) is 3.34. The largest absolute Gasteiger partial charge is 0.503 e. The third-order valence-corrected chi connectivity index (χ3v) is 1.05. The Kier molecular flexibility index (Phi) is 9.16. The van der Waals surface area contributed by atoms with Crippen molar-refractivity contribution in [2.24, 2.45) is 0 Å². The molecule has 0 aromatic carbocycles. The van der Waals surface area contributed by atoms with E-state index < -0.39 is 6.16 Å². The van der Waals surface area contributed by atoms with Crippen molar-refractivity contribution in [2.45, 2.75) is 6.92 Å². The normalized spacial score (nSPS) is 6.89. The van der Waals surface area contributed by atoms with Gasteiger partial charge in [0.25, 0.3) is 0 Å². The highest BCUT2D eigenvalue weighted by atomic mass is 32.2. The van der Waals surface area contributed by atoms with Gasteiger partial charge < -0.3 is 10.2 Å². The molecular formula is C5H10O3S. The number of allylic oxidation sites excluding steroid dienone is 1. The van der Waals surface area contributed by atoms with Gasteiger partial charge in [0.05, 0.1) is 0 Å². The van der Waals surface area contributed by atoms with Gasteiger partial charge in [-0.05, 0) is 18.1 Å². The highest BCUT2D eigenvalue weighted by Crippen LogP contribution is 2.03. The van der Waals surface area contributed by atoms with E-state index in [0.29, 0.717) is 0 Å². The fraction of sp³-hybridized carbons (Fsp3) is 0.400. The summed E-state index contributed by atoms with van der Waals surface area (Å²) in [5.41, 5.74) is 0. The number of hydrogen-bond acceptors (Lipinski definition) is 2. The molecule has 0 saturated heterocycles. The van der Waals surface area contributed by atoms with Crippen LogP contribution < -0.4 is 0 Å². The molecule has 54 valence electrons. The summed E-state index contributed by atoms with van der Waals surface area (Å²) < 4.78 is 0. The van der Waals surface area contributed by atoms with Crippen LogP contribution in [-0.2, 0) is 0 Å². The van der Waals surface area contributed by atoms with Crippen LogP contribution in [0.25, 0.3) is 0 Å². The second-order valence-electron chi connectivity index (χ2n) is 1.19. The zero-order valence-electron chi connectivity index (χ0n) is 5.42. The second-order valence-corrected chi connectivity index (χ2v) is 2.29. The lowest BCUT2D eigenvalue weighted by molar-refractivity contribution is 0.137. The Labute approximate surface area is 58.4 Å². The van der Waals surface area contributed by atoms with E-state index in [1.165, 1.54) is 4.91 Å². The van der Waals surface area contributed by atoms with Gasteiger partial charge in [0, 0.05) is 0 Å². The zero-order valence-corrected chi connectivity index (χ0v) is 6.23. The average molecular weight is 150 g/mol. The molecule has 0 amide bonds. The molecule has 0 spiro atoms. The van der Waals surface area contributed by atoms with Crippen LogP contribution in [-0.4, -0.2) is 22.6 Å². The minimum absolute atomic E-state index is 1.17. The van der Waals surface area contributed by atoms with Crippen LogP contribution >= 0.6 is 11.8 Å². The maximum Gasteiger partial charge on any atom is 0.503 e. The van der Waals surface area contributed by atoms with E-state index in [-0.39, 0.29) is 0 Å². The fourth-order valence-electron chi connectivity index (χ4n) is 0. The Morgan fingerprint density at radius 1 is 1.56 bits per heavy atom. The van der Waals surface area contributed by atoms with E-state index in [1.807, 2.05) is 13.2 Å². The second kappa shape index (κ2) is 7.36. The monoisotopic (exact) mass is 150 g/mol. The van der Waals surface area contributed by atoms with Crippen molar-refractivity contribution in [3.8, 4) is 0 Å². The Morgan fingerprint density at radius 3 is 1.67 bits per heavy atom. The van der Waals surface area contributed by atoms with Gasteiger partial charge in [-0.25, -0.2) is 4.79 Å². The van der Waals surface area contributed by atoms with E-state index in [0.717, 1.165) is 0 Å². The first-order chi connectivity index (χ1) is 4.00. The van der Waals surface area contributed by atoms with Crippen LogP contribution in [0.4, 0.5) is 4.79 Å². The summed E-state index contributed by atoms with van der Waals surface area (Å²) in [6, 6.07) is 0. The lowest BCUT2D eigenvalue weighted by Gasteiger charge is -1.79. The minimum Gasteiger partial charge on any atom is -0.450 e. The minimum atomic E-state index is -1.83. The molecule has 2 N–H and O–H groups in total. The topological polar surface area (TPSA) is 57.5 Å². The third kappa shape index (κ3) is 114. The Balaban J connectivity index is 0. The Morgan fingerprint density at radius 2 is 1.67 bits per heavy atom. The zero-order chi connectivity index (χ0) is 7.86. The fourth-order valence-corrected chi connectivity index (χ4v) is 0. The molecule has 0 aromatic rings. The molecule has 0 aromatic heterocycles. The van der Waals surface area contributed by atoms with E-state index in [9.17, 15) is 0 Å². The Hall–Kier alpha value is -0.640. The van der Waals surface area contributed by atoms with Crippen molar-refractivity contribution in [2.75, 3.05) is 6.26 Å². The maximum atomic E-state index is 8.56. The molecule has 3 nitrogen and oxygen atoms in total. The van der Waals surface area contributed by atoms with Crippen LogP contribution in [0.5, 0.6) is 0 Å². The molecule has 0 rings (SSSR count). The first-order valence-electron chi connectivity index (χ1n) is 2.12. The third-order valence-electron chi connectivity index (χ3n) is 0.348. The molecule has 0 saturated carbocycles. The van der Waals surface area contributed by atoms with E-state index in [4.69, 9.17) is 15.0 Å². The Bertz CT molecular complexity index is 96.4. The van der Waals surface area contributed by atoms with Crippen molar-refractivity contribution in [1.29, 1.82) is 0 Å². The van der Waals surface area contributed by atoms with Crippen LogP contribution in [0.15, 0.2) is 11.5 Å². The molecule has 0 aliphatic heterocycles. The SMILES string of the molecule is C=C(C)SC.O=C(O)O. The number of hydrogen-bond donors (Lipinski definition) is 2. The van der Waals surface area contributed by atoms with Gasteiger partial charge in [-0.3, -0.25) is 0 Å². The summed E-state index contributed by atoms with van der Waals surface area (Å²) >= 11 is 1.69. The lowest BCUT2D eigenvalue weighted by atomic mass is 10.8. The molecule has 0 atom stereocenters. The highest BCUT2D eigenvalue weighted by molar-refractivity contribution is 8.02. The molecule has 4 heteroatoms. The van der Waals surface area contributed by atoms with Crippen molar-refractivity contribution >= 4 is 17.9 Å². The van der Waals surface area contributed by atoms with Gasteiger partial charge in [-0.15, -0.1) is 11.8 Å². The molecule has 0 fully saturated rings. The van der Waals surface area contributed by atoms with Crippen molar-refractivity contribution in [1.82, 2.24) is 0 Å². The summed E-state index contributed by atoms with van der Waals surface area (Å²) in [4.78, 5) is 9.73. The van der Waals surface area contributed by atoms with Crippen molar-refractivity contribution in [3.63, 3.8) is 0 Å². The average Bonchev–Trinajstić information content (AvgIpc) is 1.65. The summed E-state index contributed by atoms with van der Waals surface area (Å²) in [5, 5.41) is 13.9. The van der Waals surface area contributed by atoms with E-state index in [2.05, 4.69) is 6.58 Å². The summed E-state index contributed by atoms with van der Waals surface area (Å²) in [6.45, 7) is 5.63. The molecule has 0 aliphatic carbocycles. The predicted octanol–water partition coefficient (Wildman–Crippen LogP) is 2.11. The smallest absolute Gasteiger partial charge is 0.450 e. The van der Waals surface area contributed by atoms with Crippen LogP contribution in [0.3, 0.4) is 0 Å². The van der Waals surface area contributed by atoms with Crippen LogP contribution in [0.2, 0.25) is 0 Å². The molecule has 0 aliphatic rings. The molecule has 0 bridgehead atoms. The molecule has 9 heavy (non-hydrogen) atoms. The van der Waals surface area contributed by atoms with Crippen LogP contribution in [0.1, 0.15) is 6.92 Å². The molecule has 0 heterocycles. The highest BCUT2D eigenvalue weighted by Gasteiger charge is 1.70. The van der Waals surface area contributed by atoms with E-state index >= 15 is 0 Å². The molecule has 0 radical (unpaired) electrons. The number of rotatable bonds is 1. The van der Waals surface area contributed by atoms with Gasteiger partial charge >= 0.3 is 6.16 Å². The summed E-state index contributed by atoms with van der Waals surface area (Å²) in [7, 11) is 0. The quantitative estimate of drug-likeness (QED) is 0.601. The predicted molar refractivity (Wildman–Crippen MR) is 39.0 cm³/mol. The standard InChI is InChI=1S/C4H8S.CH2O3/c1-4(2)5-3;2-1(3)4/h1H2,2-3H3;(H2,2,3,4). The first kappa shape index (κ1) is 11.2.